The van der Waals surface area contributed by atoms with E-state index in [0.717, 1.165) is 13.0 Å². The molecule has 1 heterocycles. The van der Waals surface area contributed by atoms with Gasteiger partial charge in [0.05, 0.1) is 5.70 Å². The van der Waals surface area contributed by atoms with Gasteiger partial charge in [0.25, 0.3) is 0 Å². The first-order valence-electron chi connectivity index (χ1n) is 3.33. The standard InChI is InChI=1S/C8H9N/c1-6-5-9-8-4-2-3-7(6)8/h6,9H,3,5H2,1H3/t6-/m0/s1. The number of hydrogen-bond acceptors (Lipinski definition) is 1. The third kappa shape index (κ3) is 0.564. The average Bonchev–Trinajstić information content (AvgIpc) is 2.35. The Morgan fingerprint density at radius 2 is 2.56 bits per heavy atom. The van der Waals surface area contributed by atoms with Crippen molar-refractivity contribution in [2.75, 3.05) is 6.54 Å². The van der Waals surface area contributed by atoms with Crippen molar-refractivity contribution in [3.8, 4) is 11.8 Å². The molecule has 0 aromatic carbocycles. The lowest BCUT2D eigenvalue weighted by Gasteiger charge is -2.00. The first kappa shape index (κ1) is 4.93. The molecule has 0 saturated carbocycles. The zero-order chi connectivity index (χ0) is 6.27. The molecule has 0 aromatic heterocycles. The Bertz CT molecular complexity index is 227. The molecule has 0 fully saturated rings. The van der Waals surface area contributed by atoms with Crippen molar-refractivity contribution in [3.63, 3.8) is 0 Å². The maximum Gasteiger partial charge on any atom is 0.0858 e. The molecule has 1 heteroatoms. The Kier molecular flexibility index (Phi) is 0.843. The first-order chi connectivity index (χ1) is 4.38. The van der Waals surface area contributed by atoms with Crippen LogP contribution in [0, 0.1) is 17.8 Å². The van der Waals surface area contributed by atoms with Crippen LogP contribution in [0.3, 0.4) is 0 Å². The maximum absolute atomic E-state index is 3.27. The van der Waals surface area contributed by atoms with Crippen LogP contribution in [0.5, 0.6) is 0 Å². The molecule has 2 aliphatic rings. The summed E-state index contributed by atoms with van der Waals surface area (Å²) in [6.07, 6.45) is 1.00. The van der Waals surface area contributed by atoms with Crippen LogP contribution in [0.1, 0.15) is 13.3 Å². The van der Waals surface area contributed by atoms with Gasteiger partial charge in [0.1, 0.15) is 0 Å². The van der Waals surface area contributed by atoms with Crippen LogP contribution in [0.25, 0.3) is 0 Å². The summed E-state index contributed by atoms with van der Waals surface area (Å²) < 4.78 is 0. The summed E-state index contributed by atoms with van der Waals surface area (Å²) in [4.78, 5) is 0. The third-order valence-electron chi connectivity index (χ3n) is 1.99. The topological polar surface area (TPSA) is 12.0 Å². The summed E-state index contributed by atoms with van der Waals surface area (Å²) in [5.74, 6) is 6.85. The Hall–Kier alpha value is -0.900. The van der Waals surface area contributed by atoms with Crippen LogP contribution in [-0.2, 0) is 0 Å². The van der Waals surface area contributed by atoms with Gasteiger partial charge in [-0.3, -0.25) is 0 Å². The van der Waals surface area contributed by atoms with Crippen LogP contribution in [-0.4, -0.2) is 6.54 Å². The largest absolute Gasteiger partial charge is 0.378 e. The minimum atomic E-state index is 0.711. The molecule has 1 nitrogen and oxygen atoms in total. The van der Waals surface area contributed by atoms with Crippen molar-refractivity contribution < 1.29 is 0 Å². The average molecular weight is 119 g/mol. The van der Waals surface area contributed by atoms with Gasteiger partial charge in [0.2, 0.25) is 0 Å². The van der Waals surface area contributed by atoms with Gasteiger partial charge >= 0.3 is 0 Å². The van der Waals surface area contributed by atoms with E-state index in [9.17, 15) is 0 Å². The van der Waals surface area contributed by atoms with Crippen molar-refractivity contribution in [3.05, 3.63) is 11.3 Å². The van der Waals surface area contributed by atoms with Gasteiger partial charge in [0, 0.05) is 13.0 Å². The Morgan fingerprint density at radius 1 is 1.67 bits per heavy atom. The molecule has 2 rings (SSSR count). The van der Waals surface area contributed by atoms with Crippen molar-refractivity contribution >= 4 is 0 Å². The fourth-order valence-electron chi connectivity index (χ4n) is 1.35. The zero-order valence-corrected chi connectivity index (χ0v) is 5.49. The molecular formula is C8H9N. The minimum absolute atomic E-state index is 0.711. The Morgan fingerprint density at radius 3 is 3.33 bits per heavy atom. The van der Waals surface area contributed by atoms with E-state index in [0.29, 0.717) is 5.92 Å². The predicted octanol–water partition coefficient (Wildman–Crippen LogP) is 0.887. The first-order valence-corrected chi connectivity index (χ1v) is 3.33. The Labute approximate surface area is 55.1 Å². The molecule has 1 aliphatic carbocycles. The van der Waals surface area contributed by atoms with Crippen molar-refractivity contribution in [1.29, 1.82) is 0 Å². The van der Waals surface area contributed by atoms with Crippen LogP contribution in [0.2, 0.25) is 0 Å². The monoisotopic (exact) mass is 119 g/mol. The number of nitrogens with one attached hydrogen (secondary N) is 1. The van der Waals surface area contributed by atoms with E-state index in [1.807, 2.05) is 0 Å². The van der Waals surface area contributed by atoms with Gasteiger partial charge < -0.3 is 5.32 Å². The lowest BCUT2D eigenvalue weighted by atomic mass is 10.0. The van der Waals surface area contributed by atoms with E-state index >= 15 is 0 Å². The fourth-order valence-corrected chi connectivity index (χ4v) is 1.35. The van der Waals surface area contributed by atoms with E-state index < -0.39 is 0 Å². The number of hydrogen-bond donors (Lipinski definition) is 1. The van der Waals surface area contributed by atoms with Crippen LogP contribution >= 0.6 is 0 Å². The summed E-state index contributed by atoms with van der Waals surface area (Å²) in [5, 5.41) is 3.27. The van der Waals surface area contributed by atoms with Gasteiger partial charge in [0.15, 0.2) is 0 Å². The molecule has 0 saturated heterocycles. The molecule has 0 aromatic rings. The van der Waals surface area contributed by atoms with E-state index in [1.54, 1.807) is 0 Å². The van der Waals surface area contributed by atoms with Gasteiger partial charge in [-0.1, -0.05) is 12.8 Å². The second-order valence-electron chi connectivity index (χ2n) is 2.66. The fraction of sp³-hybridized carbons (Fsp3) is 0.500. The molecule has 9 heavy (non-hydrogen) atoms. The number of rotatable bonds is 0. The smallest absolute Gasteiger partial charge is 0.0858 e. The van der Waals surface area contributed by atoms with Crippen molar-refractivity contribution in [2.24, 2.45) is 5.92 Å². The van der Waals surface area contributed by atoms with Crippen LogP contribution < -0.4 is 5.32 Å². The molecule has 0 amide bonds. The predicted molar refractivity (Wildman–Crippen MR) is 36.6 cm³/mol. The van der Waals surface area contributed by atoms with Gasteiger partial charge in [-0.05, 0) is 17.4 Å². The molecule has 1 N–H and O–H groups in total. The quantitative estimate of drug-likeness (QED) is 0.467. The van der Waals surface area contributed by atoms with E-state index in [4.69, 9.17) is 0 Å². The van der Waals surface area contributed by atoms with Crippen LogP contribution in [0.15, 0.2) is 11.3 Å². The zero-order valence-electron chi connectivity index (χ0n) is 5.49. The SMILES string of the molecule is C[C@H]1CNC2=C1CC#C2. The van der Waals surface area contributed by atoms with Crippen LogP contribution in [0.4, 0.5) is 0 Å². The maximum atomic E-state index is 3.27. The van der Waals surface area contributed by atoms with Gasteiger partial charge in [-0.2, -0.15) is 0 Å². The van der Waals surface area contributed by atoms with E-state index in [1.165, 1.54) is 11.3 Å². The Balaban J connectivity index is 2.35. The van der Waals surface area contributed by atoms with E-state index in [2.05, 4.69) is 24.1 Å². The second kappa shape index (κ2) is 1.54. The summed E-state index contributed by atoms with van der Waals surface area (Å²) in [7, 11) is 0. The summed E-state index contributed by atoms with van der Waals surface area (Å²) in [6.45, 7) is 3.34. The highest BCUT2D eigenvalue weighted by Crippen LogP contribution is 2.25. The summed E-state index contributed by atoms with van der Waals surface area (Å²) in [5.41, 5.74) is 2.71. The summed E-state index contributed by atoms with van der Waals surface area (Å²) in [6, 6.07) is 0. The molecule has 0 radical (unpaired) electrons. The van der Waals surface area contributed by atoms with Gasteiger partial charge in [-0.15, -0.1) is 0 Å². The molecule has 0 spiro atoms. The molecule has 46 valence electrons. The molecule has 1 aliphatic heterocycles. The normalized spacial score (nSPS) is 29.2. The lowest BCUT2D eigenvalue weighted by molar-refractivity contribution is 0.684. The highest BCUT2D eigenvalue weighted by atomic mass is 14.9. The highest BCUT2D eigenvalue weighted by Gasteiger charge is 2.21. The number of allylic oxidation sites excluding steroid dienone is 1. The molecule has 0 bridgehead atoms. The van der Waals surface area contributed by atoms with Crippen molar-refractivity contribution in [2.45, 2.75) is 13.3 Å². The molecule has 1 atom stereocenters. The third-order valence-corrected chi connectivity index (χ3v) is 1.99. The molecule has 0 unspecified atom stereocenters. The second-order valence-corrected chi connectivity index (χ2v) is 2.66. The highest BCUT2D eigenvalue weighted by molar-refractivity contribution is 5.44. The molecular weight excluding hydrogens is 110 g/mol. The van der Waals surface area contributed by atoms with E-state index in [-0.39, 0.29) is 0 Å². The van der Waals surface area contributed by atoms with Crippen molar-refractivity contribution in [1.82, 2.24) is 5.32 Å². The summed E-state index contributed by atoms with van der Waals surface area (Å²) >= 11 is 0. The minimum Gasteiger partial charge on any atom is -0.378 e. The van der Waals surface area contributed by atoms with Gasteiger partial charge in [-0.25, -0.2) is 0 Å². The lowest BCUT2D eigenvalue weighted by Crippen LogP contribution is -2.09.